The maximum Gasteiger partial charge on any atom is 0.416 e. The highest BCUT2D eigenvalue weighted by atomic mass is 35.5. The summed E-state index contributed by atoms with van der Waals surface area (Å²) in [5, 5.41) is -0.363. The smallest absolute Gasteiger partial charge is 0.323 e. The van der Waals surface area contributed by atoms with Crippen LogP contribution < -0.4 is 5.73 Å². The van der Waals surface area contributed by atoms with Gasteiger partial charge in [-0.1, -0.05) is 32.4 Å². The maximum absolute atomic E-state index is 13.9. The Hall–Kier alpha value is -0.520. The third-order valence-corrected chi connectivity index (χ3v) is 2.97. The van der Waals surface area contributed by atoms with Gasteiger partial charge in [0.2, 0.25) is 0 Å². The number of rotatable bonds is 1. The molecule has 0 radical (unpaired) electrons. The van der Waals surface area contributed by atoms with Crippen molar-refractivity contribution in [3.63, 3.8) is 0 Å². The molecule has 1 atom stereocenters. The number of hydrogen-bond donors (Lipinski definition) is 1. The van der Waals surface area contributed by atoms with Crippen LogP contribution in [0.3, 0.4) is 0 Å². The SMILES string of the molecule is CC(C)(C)[C@H](N)c1c(C(F)(F)F)ccc(Cl)c1F.Cl. The summed E-state index contributed by atoms with van der Waals surface area (Å²) in [5.41, 5.74) is 3.37. The van der Waals surface area contributed by atoms with Crippen LogP contribution >= 0.6 is 24.0 Å². The molecule has 0 aromatic heterocycles. The van der Waals surface area contributed by atoms with Crippen LogP contribution in [0.5, 0.6) is 0 Å². The Kier molecular flexibility index (Phi) is 5.69. The van der Waals surface area contributed by atoms with E-state index in [2.05, 4.69) is 0 Å². The molecule has 0 heterocycles. The van der Waals surface area contributed by atoms with E-state index in [4.69, 9.17) is 17.3 Å². The van der Waals surface area contributed by atoms with Crippen LogP contribution in [0, 0.1) is 11.2 Å². The van der Waals surface area contributed by atoms with Crippen LogP contribution in [0.1, 0.15) is 37.9 Å². The summed E-state index contributed by atoms with van der Waals surface area (Å²) in [7, 11) is 0. The molecule has 0 fully saturated rings. The first-order valence-electron chi connectivity index (χ1n) is 5.27. The van der Waals surface area contributed by atoms with E-state index in [0.29, 0.717) is 0 Å². The maximum atomic E-state index is 13.9. The third kappa shape index (κ3) is 3.97. The van der Waals surface area contributed by atoms with E-state index in [9.17, 15) is 17.6 Å². The minimum Gasteiger partial charge on any atom is -0.323 e. The normalized spacial score (nSPS) is 13.9. The van der Waals surface area contributed by atoms with Gasteiger partial charge in [-0.25, -0.2) is 4.39 Å². The molecule has 2 N–H and O–H groups in total. The van der Waals surface area contributed by atoms with Crippen molar-refractivity contribution in [1.29, 1.82) is 0 Å². The lowest BCUT2D eigenvalue weighted by atomic mass is 9.81. The van der Waals surface area contributed by atoms with E-state index in [0.717, 1.165) is 12.1 Å². The lowest BCUT2D eigenvalue weighted by molar-refractivity contribution is -0.138. The summed E-state index contributed by atoms with van der Waals surface area (Å²) < 4.78 is 52.4. The Morgan fingerprint density at radius 1 is 1.16 bits per heavy atom. The summed E-state index contributed by atoms with van der Waals surface area (Å²) in [6.45, 7) is 4.91. The van der Waals surface area contributed by atoms with Crippen molar-refractivity contribution in [2.45, 2.75) is 33.0 Å². The van der Waals surface area contributed by atoms with E-state index < -0.39 is 34.6 Å². The molecular formula is C12H15Cl2F4N. The van der Waals surface area contributed by atoms with E-state index >= 15 is 0 Å². The fourth-order valence-corrected chi connectivity index (χ4v) is 1.72. The first-order chi connectivity index (χ1) is 7.96. The van der Waals surface area contributed by atoms with Crippen LogP contribution in [0.25, 0.3) is 0 Å². The van der Waals surface area contributed by atoms with E-state index in [1.165, 1.54) is 0 Å². The van der Waals surface area contributed by atoms with Crippen molar-refractivity contribution in [2.24, 2.45) is 11.1 Å². The van der Waals surface area contributed by atoms with Crippen LogP contribution in [-0.2, 0) is 6.18 Å². The van der Waals surface area contributed by atoms with Crippen molar-refractivity contribution in [3.8, 4) is 0 Å². The summed E-state index contributed by atoms with van der Waals surface area (Å²) in [5.74, 6) is -1.10. The molecule has 0 aliphatic heterocycles. The topological polar surface area (TPSA) is 26.0 Å². The summed E-state index contributed by atoms with van der Waals surface area (Å²) in [6, 6.07) is 0.540. The van der Waals surface area contributed by atoms with Gasteiger partial charge >= 0.3 is 6.18 Å². The van der Waals surface area contributed by atoms with Gasteiger partial charge in [-0.2, -0.15) is 13.2 Å². The summed E-state index contributed by atoms with van der Waals surface area (Å²) >= 11 is 5.53. The summed E-state index contributed by atoms with van der Waals surface area (Å²) in [4.78, 5) is 0. The Balaban J connectivity index is 0.00000324. The predicted octanol–water partition coefficient (Wildman–Crippen LogP) is 4.97. The molecule has 1 nitrogen and oxygen atoms in total. The Morgan fingerprint density at radius 3 is 2.00 bits per heavy atom. The minimum absolute atomic E-state index is 0. The number of alkyl halides is 3. The van der Waals surface area contributed by atoms with Crippen molar-refractivity contribution < 1.29 is 17.6 Å². The largest absolute Gasteiger partial charge is 0.416 e. The second-order valence-electron chi connectivity index (χ2n) is 5.16. The molecule has 0 saturated carbocycles. The number of hydrogen-bond acceptors (Lipinski definition) is 1. The van der Waals surface area contributed by atoms with Gasteiger partial charge in [0, 0.05) is 11.6 Å². The molecular weight excluding hydrogens is 305 g/mol. The zero-order chi connectivity index (χ0) is 14.3. The quantitative estimate of drug-likeness (QED) is 0.727. The first-order valence-corrected chi connectivity index (χ1v) is 5.64. The Labute approximate surface area is 120 Å². The van der Waals surface area contributed by atoms with Crippen LogP contribution in [-0.4, -0.2) is 0 Å². The Bertz CT molecular complexity index is 452. The zero-order valence-electron chi connectivity index (χ0n) is 10.6. The average molecular weight is 320 g/mol. The van der Waals surface area contributed by atoms with Gasteiger partial charge in [0.15, 0.2) is 0 Å². The fraction of sp³-hybridized carbons (Fsp3) is 0.500. The van der Waals surface area contributed by atoms with Gasteiger partial charge in [-0.3, -0.25) is 0 Å². The van der Waals surface area contributed by atoms with E-state index in [-0.39, 0.29) is 17.4 Å². The second kappa shape index (κ2) is 5.85. The van der Waals surface area contributed by atoms with Crippen LogP contribution in [0.2, 0.25) is 5.02 Å². The lowest BCUT2D eigenvalue weighted by Gasteiger charge is -2.30. The molecule has 1 rings (SSSR count). The molecule has 0 saturated heterocycles. The summed E-state index contributed by atoms with van der Waals surface area (Å²) in [6.07, 6.45) is -4.66. The molecule has 1 aromatic rings. The number of halogens is 6. The van der Waals surface area contributed by atoms with Crippen LogP contribution in [0.4, 0.5) is 17.6 Å². The zero-order valence-corrected chi connectivity index (χ0v) is 12.2. The van der Waals surface area contributed by atoms with Crippen molar-refractivity contribution in [3.05, 3.63) is 34.1 Å². The van der Waals surface area contributed by atoms with Gasteiger partial charge in [0.05, 0.1) is 10.6 Å². The predicted molar refractivity (Wildman–Crippen MR) is 70.0 cm³/mol. The molecule has 19 heavy (non-hydrogen) atoms. The highest BCUT2D eigenvalue weighted by Crippen LogP contribution is 2.42. The molecule has 0 unspecified atom stereocenters. The number of benzene rings is 1. The van der Waals surface area contributed by atoms with Gasteiger partial charge in [-0.15, -0.1) is 12.4 Å². The van der Waals surface area contributed by atoms with Crippen molar-refractivity contribution in [2.75, 3.05) is 0 Å². The monoisotopic (exact) mass is 319 g/mol. The second-order valence-corrected chi connectivity index (χ2v) is 5.57. The Morgan fingerprint density at radius 2 is 1.63 bits per heavy atom. The molecule has 0 amide bonds. The third-order valence-electron chi connectivity index (χ3n) is 2.68. The molecule has 110 valence electrons. The van der Waals surface area contributed by atoms with E-state index in [1.807, 2.05) is 0 Å². The van der Waals surface area contributed by atoms with Gasteiger partial charge < -0.3 is 5.73 Å². The minimum atomic E-state index is -4.66. The first kappa shape index (κ1) is 18.5. The van der Waals surface area contributed by atoms with Gasteiger partial charge in [0.1, 0.15) is 5.82 Å². The van der Waals surface area contributed by atoms with Crippen molar-refractivity contribution >= 4 is 24.0 Å². The number of nitrogens with two attached hydrogens (primary N) is 1. The van der Waals surface area contributed by atoms with Crippen molar-refractivity contribution in [1.82, 2.24) is 0 Å². The molecule has 0 bridgehead atoms. The molecule has 0 aliphatic rings. The lowest BCUT2D eigenvalue weighted by Crippen LogP contribution is -2.30. The molecule has 7 heteroatoms. The van der Waals surface area contributed by atoms with Gasteiger partial charge in [0.25, 0.3) is 0 Å². The average Bonchev–Trinajstić information content (AvgIpc) is 2.17. The highest BCUT2D eigenvalue weighted by molar-refractivity contribution is 6.30. The van der Waals surface area contributed by atoms with Gasteiger partial charge in [-0.05, 0) is 17.5 Å². The molecule has 0 spiro atoms. The highest BCUT2D eigenvalue weighted by Gasteiger charge is 2.39. The molecule has 1 aromatic carbocycles. The van der Waals surface area contributed by atoms with E-state index in [1.54, 1.807) is 20.8 Å². The standard InChI is InChI=1S/C12H14ClF4N.ClH/c1-11(2,3)10(18)8-6(12(15,16)17)4-5-7(13)9(8)14;/h4-5,10H,18H2,1-3H3;1H/t10-;/m1./s1. The van der Waals surface area contributed by atoms with Crippen LogP contribution in [0.15, 0.2) is 12.1 Å². The fourth-order valence-electron chi connectivity index (χ4n) is 1.55. The molecule has 0 aliphatic carbocycles.